The number of likely N-dealkylation sites (tertiary alicyclic amines) is 1. The summed E-state index contributed by atoms with van der Waals surface area (Å²) < 4.78 is 0. The van der Waals surface area contributed by atoms with Gasteiger partial charge < -0.3 is 14.7 Å². The number of carbonyl (C=O) groups excluding carboxylic acids is 1. The summed E-state index contributed by atoms with van der Waals surface area (Å²) in [6.45, 7) is 4.30. The summed E-state index contributed by atoms with van der Waals surface area (Å²) >= 11 is 0. The van der Waals surface area contributed by atoms with Crippen molar-refractivity contribution in [1.29, 1.82) is 0 Å². The van der Waals surface area contributed by atoms with Gasteiger partial charge in [-0.25, -0.2) is 9.97 Å². The number of nitrogens with zero attached hydrogens (tertiary/aromatic N) is 5. The van der Waals surface area contributed by atoms with Crippen LogP contribution in [0, 0.1) is 0 Å². The fourth-order valence-electron chi connectivity index (χ4n) is 3.18. The van der Waals surface area contributed by atoms with E-state index in [9.17, 15) is 4.79 Å². The highest BCUT2D eigenvalue weighted by molar-refractivity contribution is 5.77. The van der Waals surface area contributed by atoms with Gasteiger partial charge >= 0.3 is 0 Å². The Bertz CT molecular complexity index is 472. The average Bonchev–Trinajstić information content (AvgIpc) is 2.93. The molecule has 21 heavy (non-hydrogen) atoms. The van der Waals surface area contributed by atoms with Gasteiger partial charge in [-0.2, -0.15) is 0 Å². The molecule has 3 rings (SSSR count). The van der Waals surface area contributed by atoms with Gasteiger partial charge in [0.25, 0.3) is 0 Å². The molecule has 2 fully saturated rings. The summed E-state index contributed by atoms with van der Waals surface area (Å²) in [5, 5.41) is 0. The van der Waals surface area contributed by atoms with Gasteiger partial charge in [0.1, 0.15) is 0 Å². The lowest BCUT2D eigenvalue weighted by Crippen LogP contribution is -2.50. The molecule has 0 N–H and O–H groups in total. The molecule has 2 saturated heterocycles. The minimum absolute atomic E-state index is 0.294. The van der Waals surface area contributed by atoms with Crippen molar-refractivity contribution in [3.05, 3.63) is 18.5 Å². The normalized spacial score (nSPS) is 23.6. The summed E-state index contributed by atoms with van der Waals surface area (Å²) in [5.74, 6) is 1.06. The molecule has 1 unspecified atom stereocenters. The highest BCUT2D eigenvalue weighted by atomic mass is 16.2. The Morgan fingerprint density at radius 1 is 1.19 bits per heavy atom. The largest absolute Gasteiger partial charge is 0.339 e. The molecule has 6 heteroatoms. The van der Waals surface area contributed by atoms with Crippen molar-refractivity contribution in [3.63, 3.8) is 0 Å². The van der Waals surface area contributed by atoms with Gasteiger partial charge in [0.15, 0.2) is 0 Å². The molecule has 2 aliphatic heterocycles. The highest BCUT2D eigenvalue weighted by Crippen LogP contribution is 2.19. The molecule has 6 nitrogen and oxygen atoms in total. The molecule has 114 valence electrons. The number of aromatic nitrogens is 2. The fourth-order valence-corrected chi connectivity index (χ4v) is 3.18. The first kappa shape index (κ1) is 14.3. The van der Waals surface area contributed by atoms with Crippen LogP contribution in [-0.4, -0.2) is 71.5 Å². The van der Waals surface area contributed by atoms with E-state index in [-0.39, 0.29) is 0 Å². The average molecular weight is 289 g/mol. The van der Waals surface area contributed by atoms with Crippen molar-refractivity contribution in [2.24, 2.45) is 0 Å². The zero-order chi connectivity index (χ0) is 14.7. The number of hydrogen-bond acceptors (Lipinski definition) is 5. The summed E-state index contributed by atoms with van der Waals surface area (Å²) in [5.41, 5.74) is 0. The molecule has 2 aliphatic rings. The fraction of sp³-hybridized carbons (Fsp3) is 0.667. The Morgan fingerprint density at radius 3 is 2.52 bits per heavy atom. The Kier molecular flexibility index (Phi) is 4.34. The standard InChI is InChI=1S/C15H23N5O/c1-18-7-2-4-13(18)12-14(21)19-8-10-20(11-9-19)15-16-5-3-6-17-15/h3,5-6,13H,2,4,7-12H2,1H3. The van der Waals surface area contributed by atoms with Gasteiger partial charge in [0, 0.05) is 51.0 Å². The molecule has 3 heterocycles. The zero-order valence-electron chi connectivity index (χ0n) is 12.6. The van der Waals surface area contributed by atoms with Crippen molar-refractivity contribution >= 4 is 11.9 Å². The summed E-state index contributed by atoms with van der Waals surface area (Å²) in [4.78, 5) is 27.4. The van der Waals surface area contributed by atoms with Crippen LogP contribution in [0.3, 0.4) is 0 Å². The van der Waals surface area contributed by atoms with E-state index in [1.807, 2.05) is 11.0 Å². The summed E-state index contributed by atoms with van der Waals surface area (Å²) in [6.07, 6.45) is 6.55. The van der Waals surface area contributed by atoms with E-state index in [1.165, 1.54) is 6.42 Å². The molecule has 0 radical (unpaired) electrons. The van der Waals surface area contributed by atoms with Crippen molar-refractivity contribution < 1.29 is 4.79 Å². The van der Waals surface area contributed by atoms with Gasteiger partial charge in [-0.15, -0.1) is 0 Å². The quantitative estimate of drug-likeness (QED) is 0.816. The molecule has 1 atom stereocenters. The van der Waals surface area contributed by atoms with E-state index in [1.54, 1.807) is 12.4 Å². The lowest BCUT2D eigenvalue weighted by Gasteiger charge is -2.35. The predicted molar refractivity (Wildman–Crippen MR) is 81.1 cm³/mol. The molecular formula is C15H23N5O. The Hall–Kier alpha value is -1.69. The number of amides is 1. The molecule has 0 aliphatic carbocycles. The lowest BCUT2D eigenvalue weighted by atomic mass is 10.1. The summed E-state index contributed by atoms with van der Waals surface area (Å²) in [6, 6.07) is 2.26. The molecule has 0 saturated carbocycles. The number of piperazine rings is 1. The molecular weight excluding hydrogens is 266 g/mol. The van der Waals surface area contributed by atoms with Crippen LogP contribution in [0.1, 0.15) is 19.3 Å². The molecule has 0 aromatic carbocycles. The van der Waals surface area contributed by atoms with E-state index in [2.05, 4.69) is 26.8 Å². The second kappa shape index (κ2) is 6.39. The third-order valence-corrected chi connectivity index (χ3v) is 4.55. The first-order valence-electron chi connectivity index (χ1n) is 7.74. The first-order valence-corrected chi connectivity index (χ1v) is 7.74. The van der Waals surface area contributed by atoms with E-state index in [0.29, 0.717) is 18.4 Å². The summed E-state index contributed by atoms with van der Waals surface area (Å²) in [7, 11) is 2.12. The van der Waals surface area contributed by atoms with Gasteiger partial charge in [0.05, 0.1) is 0 Å². The molecule has 0 spiro atoms. The SMILES string of the molecule is CN1CCCC1CC(=O)N1CCN(c2ncccn2)CC1. The third kappa shape index (κ3) is 3.32. The third-order valence-electron chi connectivity index (χ3n) is 4.55. The van der Waals surface area contributed by atoms with Crippen LogP contribution in [0.5, 0.6) is 0 Å². The van der Waals surface area contributed by atoms with Crippen LogP contribution >= 0.6 is 0 Å². The molecule has 0 bridgehead atoms. The maximum absolute atomic E-state index is 12.4. The van der Waals surface area contributed by atoms with Crippen molar-refractivity contribution in [2.45, 2.75) is 25.3 Å². The Balaban J connectivity index is 1.50. The van der Waals surface area contributed by atoms with Gasteiger partial charge in [-0.1, -0.05) is 0 Å². The van der Waals surface area contributed by atoms with Gasteiger partial charge in [-0.05, 0) is 32.5 Å². The van der Waals surface area contributed by atoms with Gasteiger partial charge in [0.2, 0.25) is 11.9 Å². The van der Waals surface area contributed by atoms with Crippen LogP contribution in [0.2, 0.25) is 0 Å². The molecule has 1 amide bonds. The molecule has 1 aromatic rings. The maximum atomic E-state index is 12.4. The second-order valence-corrected chi connectivity index (χ2v) is 5.90. The maximum Gasteiger partial charge on any atom is 0.225 e. The number of anilines is 1. The topological polar surface area (TPSA) is 52.6 Å². The first-order chi connectivity index (χ1) is 10.2. The number of carbonyl (C=O) groups is 1. The van der Waals surface area contributed by atoms with E-state index >= 15 is 0 Å². The van der Waals surface area contributed by atoms with E-state index < -0.39 is 0 Å². The predicted octanol–water partition coefficient (Wildman–Crippen LogP) is 0.609. The Labute approximate surface area is 125 Å². The van der Waals surface area contributed by atoms with Crippen LogP contribution < -0.4 is 4.90 Å². The van der Waals surface area contributed by atoms with Crippen molar-refractivity contribution in [3.8, 4) is 0 Å². The van der Waals surface area contributed by atoms with E-state index in [0.717, 1.165) is 45.1 Å². The van der Waals surface area contributed by atoms with E-state index in [4.69, 9.17) is 0 Å². The second-order valence-electron chi connectivity index (χ2n) is 5.90. The number of rotatable bonds is 3. The van der Waals surface area contributed by atoms with Crippen LogP contribution in [0.4, 0.5) is 5.95 Å². The Morgan fingerprint density at radius 2 is 1.90 bits per heavy atom. The highest BCUT2D eigenvalue weighted by Gasteiger charge is 2.28. The van der Waals surface area contributed by atoms with Crippen LogP contribution in [0.25, 0.3) is 0 Å². The molecule has 1 aromatic heterocycles. The monoisotopic (exact) mass is 289 g/mol. The minimum atomic E-state index is 0.294. The zero-order valence-corrected chi connectivity index (χ0v) is 12.6. The smallest absolute Gasteiger partial charge is 0.225 e. The van der Waals surface area contributed by atoms with Crippen LogP contribution in [0.15, 0.2) is 18.5 Å². The minimum Gasteiger partial charge on any atom is -0.339 e. The lowest BCUT2D eigenvalue weighted by molar-refractivity contribution is -0.132. The van der Waals surface area contributed by atoms with Crippen molar-refractivity contribution in [2.75, 3.05) is 44.7 Å². The van der Waals surface area contributed by atoms with Crippen molar-refractivity contribution in [1.82, 2.24) is 19.8 Å². The number of hydrogen-bond donors (Lipinski definition) is 0. The van der Waals surface area contributed by atoms with Crippen LogP contribution in [-0.2, 0) is 4.79 Å². The van der Waals surface area contributed by atoms with Gasteiger partial charge in [-0.3, -0.25) is 4.79 Å².